The molecule has 0 radical (unpaired) electrons. The van der Waals surface area contributed by atoms with Crippen LogP contribution in [0, 0.1) is 19.8 Å². The molecule has 0 spiro atoms. The second-order valence-electron chi connectivity index (χ2n) is 4.22. The van der Waals surface area contributed by atoms with Crippen LogP contribution in [-0.2, 0) is 4.79 Å². The lowest BCUT2D eigenvalue weighted by Gasteiger charge is -2.11. The summed E-state index contributed by atoms with van der Waals surface area (Å²) in [6, 6.07) is 0. The first-order valence-electron chi connectivity index (χ1n) is 5.62. The van der Waals surface area contributed by atoms with Crippen molar-refractivity contribution in [3.8, 4) is 0 Å². The van der Waals surface area contributed by atoms with E-state index < -0.39 is 5.97 Å². The molecule has 94 valence electrons. The van der Waals surface area contributed by atoms with Crippen LogP contribution in [0.3, 0.4) is 0 Å². The van der Waals surface area contributed by atoms with Gasteiger partial charge in [0.25, 0.3) is 0 Å². The highest BCUT2D eigenvalue weighted by molar-refractivity contribution is 5.66. The van der Waals surface area contributed by atoms with Crippen molar-refractivity contribution in [2.45, 2.75) is 33.6 Å². The van der Waals surface area contributed by atoms with E-state index in [9.17, 15) is 4.79 Å². The zero-order valence-electron chi connectivity index (χ0n) is 10.4. The van der Waals surface area contributed by atoms with Gasteiger partial charge in [-0.05, 0) is 26.2 Å². The number of anilines is 1. The molecular formula is C11H18N4O2. The van der Waals surface area contributed by atoms with Gasteiger partial charge in [-0.15, -0.1) is 5.10 Å². The van der Waals surface area contributed by atoms with Gasteiger partial charge in [-0.25, -0.2) is 4.98 Å². The van der Waals surface area contributed by atoms with E-state index in [0.29, 0.717) is 18.9 Å². The lowest BCUT2D eigenvalue weighted by Crippen LogP contribution is -2.15. The third-order valence-electron chi connectivity index (χ3n) is 2.55. The third-order valence-corrected chi connectivity index (χ3v) is 2.55. The highest BCUT2D eigenvalue weighted by atomic mass is 16.4. The summed E-state index contributed by atoms with van der Waals surface area (Å²) in [5, 5.41) is 19.5. The minimum Gasteiger partial charge on any atom is -0.481 e. The normalized spacial score (nSPS) is 12.2. The molecule has 1 unspecified atom stereocenters. The monoisotopic (exact) mass is 238 g/mol. The molecule has 0 aromatic carbocycles. The molecule has 0 amide bonds. The first-order valence-corrected chi connectivity index (χ1v) is 5.62. The second-order valence-corrected chi connectivity index (χ2v) is 4.22. The Kier molecular flexibility index (Phi) is 4.81. The number of carboxylic acids is 1. The summed E-state index contributed by atoms with van der Waals surface area (Å²) in [7, 11) is 0. The number of aryl methyl sites for hydroxylation is 2. The SMILES string of the molecule is Cc1nnc(NCC(C)CCC(=O)O)nc1C. The van der Waals surface area contributed by atoms with Gasteiger partial charge in [0.1, 0.15) is 0 Å². The fraction of sp³-hybridized carbons (Fsp3) is 0.636. The Morgan fingerprint density at radius 2 is 2.06 bits per heavy atom. The minimum atomic E-state index is -0.763. The van der Waals surface area contributed by atoms with E-state index in [0.717, 1.165) is 11.4 Å². The molecule has 17 heavy (non-hydrogen) atoms. The number of carboxylic acid groups (broad SMARTS) is 1. The van der Waals surface area contributed by atoms with Crippen molar-refractivity contribution in [3.05, 3.63) is 11.4 Å². The van der Waals surface area contributed by atoms with Crippen molar-refractivity contribution in [2.75, 3.05) is 11.9 Å². The lowest BCUT2D eigenvalue weighted by molar-refractivity contribution is -0.137. The summed E-state index contributed by atoms with van der Waals surface area (Å²) in [5.74, 6) is -0.00692. The Morgan fingerprint density at radius 1 is 1.35 bits per heavy atom. The fourth-order valence-corrected chi connectivity index (χ4v) is 1.27. The Morgan fingerprint density at radius 3 is 2.65 bits per heavy atom. The second kappa shape index (κ2) is 6.12. The number of aliphatic carboxylic acids is 1. The van der Waals surface area contributed by atoms with E-state index in [4.69, 9.17) is 5.11 Å². The van der Waals surface area contributed by atoms with E-state index in [2.05, 4.69) is 20.5 Å². The van der Waals surface area contributed by atoms with Crippen LogP contribution < -0.4 is 5.32 Å². The number of rotatable bonds is 6. The highest BCUT2D eigenvalue weighted by Gasteiger charge is 2.07. The maximum atomic E-state index is 10.4. The number of hydrogen-bond donors (Lipinski definition) is 2. The van der Waals surface area contributed by atoms with Gasteiger partial charge in [0.2, 0.25) is 5.95 Å². The van der Waals surface area contributed by atoms with Crippen molar-refractivity contribution >= 4 is 11.9 Å². The van der Waals surface area contributed by atoms with Gasteiger partial charge in [-0.2, -0.15) is 5.10 Å². The van der Waals surface area contributed by atoms with Crippen LogP contribution in [0.4, 0.5) is 5.95 Å². The molecule has 0 aliphatic heterocycles. The molecular weight excluding hydrogens is 220 g/mol. The van der Waals surface area contributed by atoms with Crippen LogP contribution >= 0.6 is 0 Å². The van der Waals surface area contributed by atoms with E-state index >= 15 is 0 Å². The van der Waals surface area contributed by atoms with Crippen molar-refractivity contribution in [1.82, 2.24) is 15.2 Å². The molecule has 0 saturated carbocycles. The van der Waals surface area contributed by atoms with E-state index in [1.165, 1.54) is 0 Å². The van der Waals surface area contributed by atoms with E-state index in [-0.39, 0.29) is 12.3 Å². The van der Waals surface area contributed by atoms with Crippen molar-refractivity contribution in [3.63, 3.8) is 0 Å². The molecule has 0 fully saturated rings. The number of nitrogens with zero attached hydrogens (tertiary/aromatic N) is 3. The van der Waals surface area contributed by atoms with Gasteiger partial charge in [0.15, 0.2) is 0 Å². The Balaban J connectivity index is 2.39. The summed E-state index contributed by atoms with van der Waals surface area (Å²) >= 11 is 0. The predicted octanol–water partition coefficient (Wildman–Crippen LogP) is 1.40. The maximum absolute atomic E-state index is 10.4. The van der Waals surface area contributed by atoms with Gasteiger partial charge in [-0.1, -0.05) is 6.92 Å². The minimum absolute atomic E-state index is 0.189. The molecule has 1 rings (SSSR count). The zero-order valence-corrected chi connectivity index (χ0v) is 10.4. The van der Waals surface area contributed by atoms with Crippen LogP contribution in [-0.4, -0.2) is 32.8 Å². The van der Waals surface area contributed by atoms with Gasteiger partial charge >= 0.3 is 5.97 Å². The molecule has 6 heteroatoms. The summed E-state index contributed by atoms with van der Waals surface area (Å²) in [6.45, 7) is 6.37. The Bertz CT molecular complexity index is 395. The molecule has 0 aliphatic rings. The molecule has 1 atom stereocenters. The van der Waals surface area contributed by atoms with Crippen LogP contribution in [0.15, 0.2) is 0 Å². The van der Waals surface area contributed by atoms with Crippen LogP contribution in [0.1, 0.15) is 31.2 Å². The van der Waals surface area contributed by atoms with E-state index in [1.54, 1.807) is 0 Å². The quantitative estimate of drug-likeness (QED) is 0.778. The molecule has 1 aromatic rings. The summed E-state index contributed by atoms with van der Waals surface area (Å²) in [5.41, 5.74) is 1.66. The fourth-order valence-electron chi connectivity index (χ4n) is 1.27. The molecule has 1 aromatic heterocycles. The van der Waals surface area contributed by atoms with Gasteiger partial charge < -0.3 is 10.4 Å². The van der Waals surface area contributed by atoms with Gasteiger partial charge in [0, 0.05) is 13.0 Å². The van der Waals surface area contributed by atoms with E-state index in [1.807, 2.05) is 20.8 Å². The zero-order chi connectivity index (χ0) is 12.8. The molecule has 0 saturated heterocycles. The molecule has 0 aliphatic carbocycles. The average Bonchev–Trinajstić information content (AvgIpc) is 2.28. The summed E-state index contributed by atoms with van der Waals surface area (Å²) < 4.78 is 0. The average molecular weight is 238 g/mol. The van der Waals surface area contributed by atoms with Gasteiger partial charge in [0.05, 0.1) is 11.4 Å². The van der Waals surface area contributed by atoms with Crippen molar-refractivity contribution in [1.29, 1.82) is 0 Å². The highest BCUT2D eigenvalue weighted by Crippen LogP contribution is 2.07. The molecule has 1 heterocycles. The van der Waals surface area contributed by atoms with Gasteiger partial charge in [-0.3, -0.25) is 4.79 Å². The first kappa shape index (κ1) is 13.3. The molecule has 2 N–H and O–H groups in total. The number of hydrogen-bond acceptors (Lipinski definition) is 5. The largest absolute Gasteiger partial charge is 0.481 e. The van der Waals surface area contributed by atoms with Crippen molar-refractivity contribution < 1.29 is 9.90 Å². The Labute approximate surface area is 100 Å². The number of carbonyl (C=O) groups is 1. The van der Waals surface area contributed by atoms with Crippen LogP contribution in [0.2, 0.25) is 0 Å². The topological polar surface area (TPSA) is 88.0 Å². The standard InChI is InChI=1S/C11H18N4O2/c1-7(4-5-10(16)17)6-12-11-13-8(2)9(3)14-15-11/h7H,4-6H2,1-3H3,(H,16,17)(H,12,13,15). The smallest absolute Gasteiger partial charge is 0.303 e. The van der Waals surface area contributed by atoms with Crippen LogP contribution in [0.25, 0.3) is 0 Å². The molecule has 0 bridgehead atoms. The summed E-state index contributed by atoms with van der Waals surface area (Å²) in [4.78, 5) is 14.6. The molecule has 6 nitrogen and oxygen atoms in total. The Hall–Kier alpha value is -1.72. The van der Waals surface area contributed by atoms with Crippen LogP contribution in [0.5, 0.6) is 0 Å². The number of nitrogens with one attached hydrogen (secondary N) is 1. The number of aromatic nitrogens is 3. The third kappa shape index (κ3) is 4.76. The lowest BCUT2D eigenvalue weighted by atomic mass is 10.1. The van der Waals surface area contributed by atoms with Crippen molar-refractivity contribution in [2.24, 2.45) is 5.92 Å². The first-order chi connectivity index (χ1) is 7.99. The maximum Gasteiger partial charge on any atom is 0.303 e. The predicted molar refractivity (Wildman–Crippen MR) is 63.8 cm³/mol. The summed E-state index contributed by atoms with van der Waals surface area (Å²) in [6.07, 6.45) is 0.829.